The number of nitrogens with one attached hydrogen (secondary N) is 1. The fourth-order valence-corrected chi connectivity index (χ4v) is 4.43. The van der Waals surface area contributed by atoms with Gasteiger partial charge in [0.2, 0.25) is 5.91 Å². The molecule has 7 nitrogen and oxygen atoms in total. The van der Waals surface area contributed by atoms with E-state index in [0.717, 1.165) is 25.3 Å². The molecule has 1 heterocycles. The van der Waals surface area contributed by atoms with Gasteiger partial charge >= 0.3 is 0 Å². The molecule has 2 fully saturated rings. The Kier molecular flexibility index (Phi) is 7.79. The van der Waals surface area contributed by atoms with Crippen molar-refractivity contribution in [1.82, 2.24) is 15.1 Å². The molecular formula is C22H31FN4O3. The number of hydrogen-bond donors (Lipinski definition) is 2. The van der Waals surface area contributed by atoms with E-state index in [1.165, 1.54) is 40.8 Å². The van der Waals surface area contributed by atoms with Gasteiger partial charge in [0.1, 0.15) is 5.82 Å². The Morgan fingerprint density at radius 1 is 1.10 bits per heavy atom. The van der Waals surface area contributed by atoms with Crippen LogP contribution in [0.5, 0.6) is 0 Å². The first-order valence-electron chi connectivity index (χ1n) is 10.8. The van der Waals surface area contributed by atoms with E-state index in [4.69, 9.17) is 5.73 Å². The number of hydrogen-bond acceptors (Lipinski definition) is 4. The predicted octanol–water partition coefficient (Wildman–Crippen LogP) is 1.87. The van der Waals surface area contributed by atoms with Crippen molar-refractivity contribution in [2.24, 2.45) is 11.7 Å². The van der Waals surface area contributed by atoms with Crippen molar-refractivity contribution in [3.63, 3.8) is 0 Å². The molecule has 1 aromatic rings. The third kappa shape index (κ3) is 5.36. The second-order valence-corrected chi connectivity index (χ2v) is 8.09. The zero-order valence-corrected chi connectivity index (χ0v) is 17.3. The molecule has 0 aromatic heterocycles. The summed E-state index contributed by atoms with van der Waals surface area (Å²) in [6.45, 7) is 1.24. The first-order chi connectivity index (χ1) is 14.5. The lowest BCUT2D eigenvalue weighted by atomic mass is 10.0. The van der Waals surface area contributed by atoms with E-state index in [0.29, 0.717) is 31.8 Å². The molecule has 1 aliphatic carbocycles. The highest BCUT2D eigenvalue weighted by Gasteiger charge is 2.40. The van der Waals surface area contributed by atoms with Crippen LogP contribution in [0.1, 0.15) is 55.3 Å². The summed E-state index contributed by atoms with van der Waals surface area (Å²) in [6.07, 6.45) is 5.42. The average molecular weight is 419 g/mol. The van der Waals surface area contributed by atoms with E-state index < -0.39 is 23.8 Å². The fourth-order valence-electron chi connectivity index (χ4n) is 4.43. The zero-order chi connectivity index (χ0) is 21.5. The quantitative estimate of drug-likeness (QED) is 0.707. The van der Waals surface area contributed by atoms with E-state index in [1.807, 2.05) is 0 Å². The number of nitrogens with zero attached hydrogens (tertiary/aromatic N) is 2. The van der Waals surface area contributed by atoms with Gasteiger partial charge in [-0.1, -0.05) is 31.7 Å². The third-order valence-electron chi connectivity index (χ3n) is 5.96. The largest absolute Gasteiger partial charge is 0.351 e. The topological polar surface area (TPSA) is 95.7 Å². The van der Waals surface area contributed by atoms with Crippen molar-refractivity contribution in [3.8, 4) is 0 Å². The molecule has 3 N–H and O–H groups in total. The van der Waals surface area contributed by atoms with Crippen LogP contribution in [0.25, 0.3) is 0 Å². The summed E-state index contributed by atoms with van der Waals surface area (Å²) in [7, 11) is 0. The Labute approximate surface area is 176 Å². The summed E-state index contributed by atoms with van der Waals surface area (Å²) in [4.78, 5) is 41.9. The molecule has 1 aliphatic heterocycles. The van der Waals surface area contributed by atoms with Crippen LogP contribution in [0.3, 0.4) is 0 Å². The van der Waals surface area contributed by atoms with E-state index >= 15 is 0 Å². The fraction of sp³-hybridized carbons (Fsp3) is 0.591. The summed E-state index contributed by atoms with van der Waals surface area (Å²) in [5.74, 6) is -0.971. The first-order valence-corrected chi connectivity index (χ1v) is 10.8. The van der Waals surface area contributed by atoms with Gasteiger partial charge in [-0.15, -0.1) is 0 Å². The molecule has 2 aliphatic rings. The van der Waals surface area contributed by atoms with E-state index in [9.17, 15) is 18.8 Å². The van der Waals surface area contributed by atoms with Crippen LogP contribution in [0, 0.1) is 11.7 Å². The van der Waals surface area contributed by atoms with Crippen molar-refractivity contribution in [2.45, 2.75) is 51.1 Å². The maximum absolute atomic E-state index is 13.6. The number of carbonyl (C=O) groups excluding carboxylic acids is 3. The second-order valence-electron chi connectivity index (χ2n) is 8.09. The molecule has 164 valence electrons. The van der Waals surface area contributed by atoms with Crippen molar-refractivity contribution in [2.75, 3.05) is 26.2 Å². The van der Waals surface area contributed by atoms with Gasteiger partial charge in [0.15, 0.2) is 6.17 Å². The van der Waals surface area contributed by atoms with E-state index in [1.54, 1.807) is 0 Å². The van der Waals surface area contributed by atoms with E-state index in [2.05, 4.69) is 5.32 Å². The number of halogens is 1. The van der Waals surface area contributed by atoms with Gasteiger partial charge in [0.05, 0.1) is 0 Å². The normalized spacial score (nSPS) is 19.7. The van der Waals surface area contributed by atoms with Gasteiger partial charge in [-0.25, -0.2) is 4.39 Å². The van der Waals surface area contributed by atoms with Crippen LogP contribution in [0.15, 0.2) is 24.3 Å². The molecular weight excluding hydrogens is 387 g/mol. The molecule has 1 atom stereocenters. The average Bonchev–Trinajstić information content (AvgIpc) is 3.28. The highest BCUT2D eigenvalue weighted by Crippen LogP contribution is 2.29. The molecule has 1 aromatic carbocycles. The van der Waals surface area contributed by atoms with Crippen molar-refractivity contribution >= 4 is 17.7 Å². The summed E-state index contributed by atoms with van der Waals surface area (Å²) >= 11 is 0. The minimum atomic E-state index is -1.04. The minimum absolute atomic E-state index is 0.119. The van der Waals surface area contributed by atoms with Crippen LogP contribution in [-0.2, 0) is 9.59 Å². The summed E-state index contributed by atoms with van der Waals surface area (Å²) < 4.78 is 13.6. The van der Waals surface area contributed by atoms with Crippen molar-refractivity contribution in [3.05, 3.63) is 35.6 Å². The highest BCUT2D eigenvalue weighted by molar-refractivity contribution is 5.98. The maximum Gasteiger partial charge on any atom is 0.263 e. The standard InChI is InChI=1S/C22H31FN4O3/c23-18-8-3-7-17(15-18)22(30)27-14-4-13-26(21(27)20(29)25-12-11-24)19(28)10-9-16-5-1-2-6-16/h3,7-8,15-16,21H,1-2,4-6,9-14,24H2,(H,25,29). The Hall–Kier alpha value is -2.48. The third-order valence-corrected chi connectivity index (χ3v) is 5.96. The number of carbonyl (C=O) groups is 3. The lowest BCUT2D eigenvalue weighted by molar-refractivity contribution is -0.149. The molecule has 8 heteroatoms. The molecule has 3 amide bonds. The number of benzene rings is 1. The Morgan fingerprint density at radius 2 is 1.83 bits per heavy atom. The Balaban J connectivity index is 1.78. The number of rotatable bonds is 7. The first kappa shape index (κ1) is 22.2. The van der Waals surface area contributed by atoms with Crippen LogP contribution in [0.4, 0.5) is 4.39 Å². The van der Waals surface area contributed by atoms with Gasteiger partial charge < -0.3 is 20.9 Å². The molecule has 0 spiro atoms. The molecule has 0 bridgehead atoms. The van der Waals surface area contributed by atoms with Crippen LogP contribution < -0.4 is 11.1 Å². The molecule has 1 saturated carbocycles. The SMILES string of the molecule is NCCNC(=O)C1N(C(=O)CCC2CCCC2)CCCN1C(=O)c1cccc(F)c1. The Morgan fingerprint density at radius 3 is 2.53 bits per heavy atom. The summed E-state index contributed by atoms with van der Waals surface area (Å²) in [5.41, 5.74) is 5.66. The van der Waals surface area contributed by atoms with Crippen LogP contribution in [-0.4, -0.2) is 59.9 Å². The van der Waals surface area contributed by atoms with Crippen LogP contribution >= 0.6 is 0 Å². The lowest BCUT2D eigenvalue weighted by Crippen LogP contribution is -2.63. The number of nitrogens with two attached hydrogens (primary N) is 1. The second kappa shape index (κ2) is 10.5. The van der Waals surface area contributed by atoms with Gasteiger partial charge in [-0.05, 0) is 37.0 Å². The Bertz CT molecular complexity index is 767. The lowest BCUT2D eigenvalue weighted by Gasteiger charge is -2.43. The summed E-state index contributed by atoms with van der Waals surface area (Å²) in [6, 6.07) is 5.39. The molecule has 1 unspecified atom stereocenters. The monoisotopic (exact) mass is 418 g/mol. The zero-order valence-electron chi connectivity index (χ0n) is 17.3. The summed E-state index contributed by atoms with van der Waals surface area (Å²) in [5, 5.41) is 2.71. The van der Waals surface area contributed by atoms with Gasteiger partial charge in [0.25, 0.3) is 11.8 Å². The maximum atomic E-state index is 13.6. The molecule has 30 heavy (non-hydrogen) atoms. The molecule has 3 rings (SSSR count). The molecule has 0 radical (unpaired) electrons. The predicted molar refractivity (Wildman–Crippen MR) is 111 cm³/mol. The van der Waals surface area contributed by atoms with Gasteiger partial charge in [-0.3, -0.25) is 14.4 Å². The van der Waals surface area contributed by atoms with Crippen molar-refractivity contribution < 1.29 is 18.8 Å². The molecule has 1 saturated heterocycles. The van der Waals surface area contributed by atoms with Crippen LogP contribution in [0.2, 0.25) is 0 Å². The van der Waals surface area contributed by atoms with Crippen molar-refractivity contribution in [1.29, 1.82) is 0 Å². The minimum Gasteiger partial charge on any atom is -0.351 e. The van der Waals surface area contributed by atoms with Gasteiger partial charge in [0, 0.05) is 38.2 Å². The highest BCUT2D eigenvalue weighted by atomic mass is 19.1. The van der Waals surface area contributed by atoms with Gasteiger partial charge in [-0.2, -0.15) is 0 Å². The smallest absolute Gasteiger partial charge is 0.263 e. The van der Waals surface area contributed by atoms with E-state index in [-0.39, 0.29) is 24.6 Å². The number of amides is 3.